The van der Waals surface area contributed by atoms with Crippen LogP contribution in [0.4, 0.5) is 5.69 Å². The molecule has 1 aliphatic rings. The highest BCUT2D eigenvalue weighted by Gasteiger charge is 2.29. The van der Waals surface area contributed by atoms with E-state index in [9.17, 15) is 9.59 Å². The molecule has 162 valence electrons. The van der Waals surface area contributed by atoms with E-state index in [4.69, 9.17) is 9.15 Å². The van der Waals surface area contributed by atoms with Crippen LogP contribution in [0.1, 0.15) is 49.1 Å². The molecule has 30 heavy (non-hydrogen) atoms. The Morgan fingerprint density at radius 3 is 2.80 bits per heavy atom. The van der Waals surface area contributed by atoms with E-state index >= 15 is 0 Å². The van der Waals surface area contributed by atoms with Gasteiger partial charge >= 0.3 is 0 Å². The van der Waals surface area contributed by atoms with E-state index in [1.54, 1.807) is 4.90 Å². The van der Waals surface area contributed by atoms with Crippen molar-refractivity contribution < 1.29 is 18.7 Å². The summed E-state index contributed by atoms with van der Waals surface area (Å²) in [5.74, 6) is 0.476. The quantitative estimate of drug-likeness (QED) is 0.714. The minimum Gasteiger partial charge on any atom is -0.482 e. The number of ether oxygens (including phenoxy) is 1. The number of fused-ring (bicyclic) bond motifs is 1. The standard InChI is InChI=1S/C22H30N4O4/c1-6-22(2,3)15-7-8-18-17(11-15)26(20(27)14-29-18)12-19-24-16(13-30-19)21(28)23-9-10-25(4)5/h7-8,11,13H,6,9-10,12,14H2,1-5H3,(H,23,28). The molecule has 1 aliphatic heterocycles. The third kappa shape index (κ3) is 4.81. The Hall–Kier alpha value is -2.87. The van der Waals surface area contributed by atoms with E-state index in [1.807, 2.05) is 37.2 Å². The lowest BCUT2D eigenvalue weighted by molar-refractivity contribution is -0.121. The number of anilines is 1. The summed E-state index contributed by atoms with van der Waals surface area (Å²) < 4.78 is 11.1. The summed E-state index contributed by atoms with van der Waals surface area (Å²) >= 11 is 0. The lowest BCUT2D eigenvalue weighted by Gasteiger charge is -2.31. The van der Waals surface area contributed by atoms with Crippen LogP contribution in [0.25, 0.3) is 0 Å². The summed E-state index contributed by atoms with van der Waals surface area (Å²) in [6.45, 7) is 7.81. The molecule has 1 aromatic carbocycles. The number of oxazole rings is 1. The number of amides is 2. The summed E-state index contributed by atoms with van der Waals surface area (Å²) in [6, 6.07) is 5.94. The average Bonchev–Trinajstić information content (AvgIpc) is 3.18. The Morgan fingerprint density at radius 2 is 2.10 bits per heavy atom. The topological polar surface area (TPSA) is 87.9 Å². The lowest BCUT2D eigenvalue weighted by atomic mass is 9.82. The van der Waals surface area contributed by atoms with E-state index < -0.39 is 0 Å². The van der Waals surface area contributed by atoms with Gasteiger partial charge in [0.2, 0.25) is 5.89 Å². The highest BCUT2D eigenvalue weighted by Crippen LogP contribution is 2.38. The molecule has 8 nitrogen and oxygen atoms in total. The van der Waals surface area contributed by atoms with Crippen molar-refractivity contribution in [3.05, 3.63) is 41.6 Å². The van der Waals surface area contributed by atoms with Crippen molar-refractivity contribution in [1.82, 2.24) is 15.2 Å². The molecule has 2 amide bonds. The minimum atomic E-state index is -0.299. The number of nitrogens with one attached hydrogen (secondary N) is 1. The lowest BCUT2D eigenvalue weighted by Crippen LogP contribution is -2.38. The first-order valence-corrected chi connectivity index (χ1v) is 10.2. The third-order valence-corrected chi connectivity index (χ3v) is 5.49. The van der Waals surface area contributed by atoms with Crippen LogP contribution < -0.4 is 15.0 Å². The monoisotopic (exact) mass is 414 g/mol. The Kier molecular flexibility index (Phi) is 6.45. The largest absolute Gasteiger partial charge is 0.482 e. The average molecular weight is 415 g/mol. The van der Waals surface area contributed by atoms with Crippen molar-refractivity contribution in [1.29, 1.82) is 0 Å². The number of hydrogen-bond acceptors (Lipinski definition) is 6. The predicted octanol–water partition coefficient (Wildman–Crippen LogP) is 2.58. The first kappa shape index (κ1) is 21.8. The zero-order valence-electron chi connectivity index (χ0n) is 18.3. The van der Waals surface area contributed by atoms with E-state index in [2.05, 4.69) is 31.1 Å². The van der Waals surface area contributed by atoms with Gasteiger partial charge in [0.15, 0.2) is 12.3 Å². The highest BCUT2D eigenvalue weighted by molar-refractivity contribution is 5.98. The molecule has 0 bridgehead atoms. The first-order chi connectivity index (χ1) is 14.2. The molecule has 1 N–H and O–H groups in total. The van der Waals surface area contributed by atoms with Gasteiger partial charge in [-0.25, -0.2) is 4.98 Å². The van der Waals surface area contributed by atoms with E-state index in [0.29, 0.717) is 23.9 Å². The number of rotatable bonds is 8. The second-order valence-corrected chi connectivity index (χ2v) is 8.37. The number of carbonyl (C=O) groups is 2. The van der Waals surface area contributed by atoms with E-state index in [-0.39, 0.29) is 36.1 Å². The summed E-state index contributed by atoms with van der Waals surface area (Å²) in [5.41, 5.74) is 1.99. The molecule has 2 heterocycles. The van der Waals surface area contributed by atoms with Gasteiger partial charge in [-0.3, -0.25) is 14.5 Å². The van der Waals surface area contributed by atoms with Gasteiger partial charge in [-0.05, 0) is 43.6 Å². The maximum absolute atomic E-state index is 12.6. The molecular weight excluding hydrogens is 384 g/mol. The summed E-state index contributed by atoms with van der Waals surface area (Å²) in [5, 5.41) is 2.80. The minimum absolute atomic E-state index is 0.0259. The number of aromatic nitrogens is 1. The zero-order chi connectivity index (χ0) is 21.9. The fourth-order valence-electron chi connectivity index (χ4n) is 3.11. The molecule has 2 aromatic rings. The zero-order valence-corrected chi connectivity index (χ0v) is 18.3. The fraction of sp³-hybridized carbons (Fsp3) is 0.500. The molecule has 0 atom stereocenters. The Balaban J connectivity index is 1.78. The second kappa shape index (κ2) is 8.87. The van der Waals surface area contributed by atoms with Crippen LogP contribution in [0, 0.1) is 0 Å². The van der Waals surface area contributed by atoms with Crippen molar-refractivity contribution in [2.75, 3.05) is 38.7 Å². The number of hydrogen-bond donors (Lipinski definition) is 1. The fourth-order valence-corrected chi connectivity index (χ4v) is 3.11. The number of benzene rings is 1. The molecule has 0 saturated carbocycles. The molecule has 0 spiro atoms. The van der Waals surface area contributed by atoms with Gasteiger partial charge in [-0.1, -0.05) is 26.8 Å². The first-order valence-electron chi connectivity index (χ1n) is 10.2. The maximum Gasteiger partial charge on any atom is 0.273 e. The molecule has 1 aromatic heterocycles. The van der Waals surface area contributed by atoms with Crippen LogP contribution in [0.15, 0.2) is 28.9 Å². The molecule has 0 aliphatic carbocycles. The van der Waals surface area contributed by atoms with Crippen molar-refractivity contribution >= 4 is 17.5 Å². The molecule has 0 saturated heterocycles. The van der Waals surface area contributed by atoms with Crippen LogP contribution in [-0.4, -0.2) is 55.5 Å². The van der Waals surface area contributed by atoms with E-state index in [1.165, 1.54) is 6.26 Å². The third-order valence-electron chi connectivity index (χ3n) is 5.49. The molecule has 8 heteroatoms. The van der Waals surface area contributed by atoms with Crippen LogP contribution >= 0.6 is 0 Å². The molecular formula is C22H30N4O4. The van der Waals surface area contributed by atoms with Crippen LogP contribution in [0.3, 0.4) is 0 Å². The second-order valence-electron chi connectivity index (χ2n) is 8.37. The van der Waals surface area contributed by atoms with Gasteiger partial charge < -0.3 is 19.4 Å². The maximum atomic E-state index is 12.6. The Bertz CT molecular complexity index is 920. The van der Waals surface area contributed by atoms with Crippen LogP contribution in [-0.2, 0) is 16.8 Å². The summed E-state index contributed by atoms with van der Waals surface area (Å²) in [6.07, 6.45) is 2.29. The van der Waals surface area contributed by atoms with E-state index in [0.717, 1.165) is 18.5 Å². The Labute approximate surface area is 177 Å². The van der Waals surface area contributed by atoms with Gasteiger partial charge in [0.05, 0.1) is 5.69 Å². The van der Waals surface area contributed by atoms with Crippen molar-refractivity contribution in [2.24, 2.45) is 0 Å². The van der Waals surface area contributed by atoms with Crippen molar-refractivity contribution in [2.45, 2.75) is 39.2 Å². The summed E-state index contributed by atoms with van der Waals surface area (Å²) in [7, 11) is 3.87. The van der Waals surface area contributed by atoms with Crippen molar-refractivity contribution in [3.63, 3.8) is 0 Å². The van der Waals surface area contributed by atoms with Gasteiger partial charge in [0, 0.05) is 13.1 Å². The molecule has 0 unspecified atom stereocenters. The predicted molar refractivity (Wildman–Crippen MR) is 114 cm³/mol. The summed E-state index contributed by atoms with van der Waals surface area (Å²) in [4.78, 5) is 32.7. The van der Waals surface area contributed by atoms with Gasteiger partial charge in [0.25, 0.3) is 11.8 Å². The van der Waals surface area contributed by atoms with Gasteiger partial charge in [-0.15, -0.1) is 0 Å². The van der Waals surface area contributed by atoms with Crippen LogP contribution in [0.2, 0.25) is 0 Å². The van der Waals surface area contributed by atoms with Gasteiger partial charge in [0.1, 0.15) is 18.6 Å². The number of carbonyl (C=O) groups excluding carboxylic acids is 2. The highest BCUT2D eigenvalue weighted by atomic mass is 16.5. The normalized spacial score (nSPS) is 13.9. The number of likely N-dealkylation sites (N-methyl/N-ethyl adjacent to an activating group) is 1. The van der Waals surface area contributed by atoms with Crippen molar-refractivity contribution in [3.8, 4) is 5.75 Å². The number of nitrogens with zero attached hydrogens (tertiary/aromatic N) is 3. The SMILES string of the molecule is CCC(C)(C)c1ccc2c(c1)N(Cc1nc(C(=O)NCCN(C)C)co1)C(=O)CO2. The Morgan fingerprint density at radius 1 is 1.33 bits per heavy atom. The van der Waals surface area contributed by atoms with Gasteiger partial charge in [-0.2, -0.15) is 0 Å². The molecule has 3 rings (SSSR count). The molecule has 0 radical (unpaired) electrons. The smallest absolute Gasteiger partial charge is 0.273 e. The molecule has 0 fully saturated rings. The van der Waals surface area contributed by atoms with Crippen LogP contribution in [0.5, 0.6) is 5.75 Å².